The topological polar surface area (TPSA) is 20.2 Å². The van der Waals surface area contributed by atoms with E-state index in [2.05, 4.69) is 13.8 Å². The Bertz CT molecular complexity index is 363. The van der Waals surface area contributed by atoms with Gasteiger partial charge in [-0.1, -0.05) is 32.9 Å². The zero-order chi connectivity index (χ0) is 13.0. The van der Waals surface area contributed by atoms with Crippen molar-refractivity contribution in [3.8, 4) is 0 Å². The summed E-state index contributed by atoms with van der Waals surface area (Å²) in [5.41, 5.74) is 0.244. The zero-order valence-corrected chi connectivity index (χ0v) is 10.6. The van der Waals surface area contributed by atoms with Gasteiger partial charge in [0.25, 0.3) is 0 Å². The van der Waals surface area contributed by atoms with Crippen LogP contribution < -0.4 is 0 Å². The molecule has 0 aliphatic rings. The minimum atomic E-state index is -0.855. The fourth-order valence-electron chi connectivity index (χ4n) is 2.03. The predicted molar refractivity (Wildman–Crippen MR) is 64.7 cm³/mol. The maximum Gasteiger partial charge on any atom is 0.162 e. The number of benzene rings is 1. The molecule has 0 heterocycles. The lowest BCUT2D eigenvalue weighted by Gasteiger charge is -2.20. The molecule has 2 atom stereocenters. The molecule has 0 aromatic heterocycles. The van der Waals surface area contributed by atoms with Crippen LogP contribution in [-0.4, -0.2) is 11.2 Å². The fraction of sp³-hybridized carbons (Fsp3) is 0.571. The first kappa shape index (κ1) is 14.1. The first-order chi connectivity index (χ1) is 7.91. The highest BCUT2D eigenvalue weighted by Gasteiger charge is 2.18. The third kappa shape index (κ3) is 4.08. The summed E-state index contributed by atoms with van der Waals surface area (Å²) in [5.74, 6) is -1.14. The fourth-order valence-corrected chi connectivity index (χ4v) is 2.03. The molecule has 0 fully saturated rings. The Labute approximate surface area is 101 Å². The smallest absolute Gasteiger partial charge is 0.162 e. The second-order valence-electron chi connectivity index (χ2n) is 5.09. The molecule has 0 saturated heterocycles. The molecule has 1 nitrogen and oxygen atoms in total. The maximum absolute atomic E-state index is 13.4. The van der Waals surface area contributed by atoms with Gasteiger partial charge in [0.2, 0.25) is 0 Å². The average Bonchev–Trinajstić information content (AvgIpc) is 2.23. The van der Waals surface area contributed by atoms with Crippen molar-refractivity contribution in [3.63, 3.8) is 0 Å². The lowest BCUT2D eigenvalue weighted by atomic mass is 9.90. The van der Waals surface area contributed by atoms with Gasteiger partial charge in [-0.15, -0.1) is 0 Å². The zero-order valence-electron chi connectivity index (χ0n) is 10.6. The molecule has 0 saturated carbocycles. The average molecular weight is 242 g/mol. The molecular weight excluding hydrogens is 222 g/mol. The minimum Gasteiger partial charge on any atom is -0.393 e. The molecule has 1 N–H and O–H groups in total. The Morgan fingerprint density at radius 3 is 2.41 bits per heavy atom. The summed E-state index contributed by atoms with van der Waals surface area (Å²) in [7, 11) is 0. The van der Waals surface area contributed by atoms with Crippen LogP contribution in [0.15, 0.2) is 18.2 Å². The number of rotatable bonds is 5. The summed E-state index contributed by atoms with van der Waals surface area (Å²) in [6.07, 6.45) is 0.406. The Balaban J connectivity index is 2.67. The van der Waals surface area contributed by atoms with Crippen LogP contribution in [0.1, 0.15) is 32.8 Å². The van der Waals surface area contributed by atoms with Crippen molar-refractivity contribution in [1.29, 1.82) is 0 Å². The highest BCUT2D eigenvalue weighted by Crippen LogP contribution is 2.20. The van der Waals surface area contributed by atoms with Crippen LogP contribution in [0, 0.1) is 23.5 Å². The normalized spacial score (nSPS) is 15.0. The van der Waals surface area contributed by atoms with Crippen molar-refractivity contribution in [1.82, 2.24) is 0 Å². The van der Waals surface area contributed by atoms with Crippen molar-refractivity contribution in [2.45, 2.75) is 39.7 Å². The van der Waals surface area contributed by atoms with Gasteiger partial charge in [-0.2, -0.15) is 0 Å². The van der Waals surface area contributed by atoms with Crippen molar-refractivity contribution >= 4 is 0 Å². The van der Waals surface area contributed by atoms with E-state index in [9.17, 15) is 13.9 Å². The number of aliphatic hydroxyl groups excluding tert-OH is 1. The Morgan fingerprint density at radius 2 is 1.82 bits per heavy atom. The molecule has 2 unspecified atom stereocenters. The van der Waals surface area contributed by atoms with Crippen LogP contribution in [0.2, 0.25) is 0 Å². The lowest BCUT2D eigenvalue weighted by molar-refractivity contribution is 0.104. The minimum absolute atomic E-state index is 0.0812. The molecule has 3 heteroatoms. The molecule has 1 aromatic rings. The Morgan fingerprint density at radius 1 is 1.18 bits per heavy atom. The van der Waals surface area contributed by atoms with Gasteiger partial charge in [0.05, 0.1) is 6.10 Å². The Kier molecular flexibility index (Phi) is 5.06. The van der Waals surface area contributed by atoms with Gasteiger partial charge in [-0.25, -0.2) is 8.78 Å². The van der Waals surface area contributed by atoms with Gasteiger partial charge >= 0.3 is 0 Å². The van der Waals surface area contributed by atoms with E-state index in [1.807, 2.05) is 6.92 Å². The first-order valence-electron chi connectivity index (χ1n) is 6.02. The molecule has 0 aliphatic carbocycles. The van der Waals surface area contributed by atoms with E-state index in [0.717, 1.165) is 12.5 Å². The quantitative estimate of drug-likeness (QED) is 0.837. The molecule has 1 rings (SSSR count). The van der Waals surface area contributed by atoms with E-state index in [-0.39, 0.29) is 17.9 Å². The van der Waals surface area contributed by atoms with Gasteiger partial charge in [0, 0.05) is 6.42 Å². The largest absolute Gasteiger partial charge is 0.393 e. The molecule has 17 heavy (non-hydrogen) atoms. The summed E-state index contributed by atoms with van der Waals surface area (Å²) < 4.78 is 26.4. The van der Waals surface area contributed by atoms with E-state index in [1.165, 1.54) is 12.1 Å². The number of hydrogen-bond donors (Lipinski definition) is 1. The molecule has 0 radical (unpaired) electrons. The van der Waals surface area contributed by atoms with Gasteiger partial charge in [-0.05, 0) is 29.9 Å². The summed E-state index contributed by atoms with van der Waals surface area (Å²) in [5, 5.41) is 9.95. The van der Waals surface area contributed by atoms with Crippen LogP contribution in [0.4, 0.5) is 8.78 Å². The highest BCUT2D eigenvalue weighted by molar-refractivity contribution is 5.19. The number of aliphatic hydroxyl groups is 1. The highest BCUT2D eigenvalue weighted by atomic mass is 19.2. The van der Waals surface area contributed by atoms with Gasteiger partial charge in [0.15, 0.2) is 11.6 Å². The third-order valence-electron chi connectivity index (χ3n) is 2.96. The van der Waals surface area contributed by atoms with Crippen molar-refractivity contribution in [2.24, 2.45) is 11.8 Å². The van der Waals surface area contributed by atoms with E-state index in [1.54, 1.807) is 0 Å². The molecule has 0 spiro atoms. The molecule has 0 amide bonds. The monoisotopic (exact) mass is 242 g/mol. The van der Waals surface area contributed by atoms with Gasteiger partial charge in [0.1, 0.15) is 0 Å². The maximum atomic E-state index is 13.4. The van der Waals surface area contributed by atoms with Crippen LogP contribution >= 0.6 is 0 Å². The SMILES string of the molecule is CC(C)CC(C)C(O)Cc1cccc(F)c1F. The van der Waals surface area contributed by atoms with E-state index in [0.29, 0.717) is 5.92 Å². The standard InChI is InChI=1S/C14H20F2O/c1-9(2)7-10(3)13(17)8-11-5-4-6-12(15)14(11)16/h4-6,9-10,13,17H,7-8H2,1-3H3. The number of hydrogen-bond acceptors (Lipinski definition) is 1. The molecule has 0 aliphatic heterocycles. The predicted octanol–water partition coefficient (Wildman–Crippen LogP) is 3.55. The third-order valence-corrected chi connectivity index (χ3v) is 2.96. The van der Waals surface area contributed by atoms with Gasteiger partial charge < -0.3 is 5.11 Å². The summed E-state index contributed by atoms with van der Waals surface area (Å²) in [6.45, 7) is 6.08. The molecule has 0 bridgehead atoms. The van der Waals surface area contributed by atoms with Crippen LogP contribution in [0.25, 0.3) is 0 Å². The second kappa shape index (κ2) is 6.10. The summed E-state index contributed by atoms with van der Waals surface area (Å²) in [6, 6.07) is 4.07. The van der Waals surface area contributed by atoms with Crippen molar-refractivity contribution in [2.75, 3.05) is 0 Å². The van der Waals surface area contributed by atoms with Crippen molar-refractivity contribution in [3.05, 3.63) is 35.4 Å². The van der Waals surface area contributed by atoms with Gasteiger partial charge in [-0.3, -0.25) is 0 Å². The van der Waals surface area contributed by atoms with Crippen LogP contribution in [-0.2, 0) is 6.42 Å². The van der Waals surface area contributed by atoms with E-state index >= 15 is 0 Å². The molecule has 1 aromatic carbocycles. The second-order valence-corrected chi connectivity index (χ2v) is 5.09. The number of halogens is 2. The van der Waals surface area contributed by atoms with Crippen molar-refractivity contribution < 1.29 is 13.9 Å². The van der Waals surface area contributed by atoms with E-state index in [4.69, 9.17) is 0 Å². The van der Waals surface area contributed by atoms with E-state index < -0.39 is 17.7 Å². The molecular formula is C14H20F2O. The van der Waals surface area contributed by atoms with Crippen LogP contribution in [0.5, 0.6) is 0 Å². The summed E-state index contributed by atoms with van der Waals surface area (Å²) in [4.78, 5) is 0. The summed E-state index contributed by atoms with van der Waals surface area (Å²) >= 11 is 0. The first-order valence-corrected chi connectivity index (χ1v) is 6.02. The Hall–Kier alpha value is -0.960. The van der Waals surface area contributed by atoms with Crippen LogP contribution in [0.3, 0.4) is 0 Å². The lowest BCUT2D eigenvalue weighted by Crippen LogP contribution is -2.22. The molecule has 96 valence electrons.